The Balaban J connectivity index is 3.07. The van der Waals surface area contributed by atoms with Crippen LogP contribution >= 0.6 is 0 Å². The first-order valence-corrected chi connectivity index (χ1v) is 2.68. The number of hydrogen-bond acceptors (Lipinski definition) is 3. The van der Waals surface area contributed by atoms with Crippen molar-refractivity contribution in [1.29, 1.82) is 0 Å². The second-order valence-electron chi connectivity index (χ2n) is 1.44. The molecule has 0 saturated heterocycles. The summed E-state index contributed by atoms with van der Waals surface area (Å²) in [5, 5.41) is 16.7. The topological polar surface area (TPSA) is 49.7 Å². The molecule has 0 heterocycles. The fourth-order valence-corrected chi connectivity index (χ4v) is 0.399. The molecule has 0 aromatic carbocycles. The molecule has 0 rings (SSSR count). The maximum Gasteiger partial charge on any atom is 0.104 e. The molecular formula is C5H12O3. The average molecular weight is 120 g/mol. The molecule has 0 aromatic rings. The quantitative estimate of drug-likeness (QED) is 0.519. The van der Waals surface area contributed by atoms with Crippen molar-refractivity contribution in [2.45, 2.75) is 13.0 Å². The molecule has 0 atom stereocenters. The van der Waals surface area contributed by atoms with E-state index in [1.807, 2.05) is 6.92 Å². The fourth-order valence-electron chi connectivity index (χ4n) is 0.399. The standard InChI is InChI=1S/C5H12O3/c1-2-8-5(3-6)4-7/h5-7H,2-4H2,1H3. The highest BCUT2D eigenvalue weighted by Gasteiger charge is 2.01. The van der Waals surface area contributed by atoms with Gasteiger partial charge in [0.05, 0.1) is 13.2 Å². The Bertz CT molecular complexity index is 42.9. The lowest BCUT2D eigenvalue weighted by Crippen LogP contribution is -2.21. The number of aliphatic hydroxyl groups excluding tert-OH is 2. The molecule has 0 aliphatic heterocycles. The molecule has 8 heavy (non-hydrogen) atoms. The lowest BCUT2D eigenvalue weighted by molar-refractivity contribution is -0.0139. The van der Waals surface area contributed by atoms with Gasteiger partial charge in [-0.2, -0.15) is 0 Å². The molecular weight excluding hydrogens is 108 g/mol. The van der Waals surface area contributed by atoms with E-state index in [2.05, 4.69) is 0 Å². The molecule has 0 spiro atoms. The molecule has 0 unspecified atom stereocenters. The molecule has 0 radical (unpaired) electrons. The minimum absolute atomic E-state index is 0.107. The molecule has 0 bridgehead atoms. The van der Waals surface area contributed by atoms with E-state index in [4.69, 9.17) is 14.9 Å². The molecule has 0 amide bonds. The van der Waals surface area contributed by atoms with Crippen molar-refractivity contribution in [2.24, 2.45) is 0 Å². The number of rotatable bonds is 4. The third-order valence-electron chi connectivity index (χ3n) is 0.810. The largest absolute Gasteiger partial charge is 0.394 e. The first kappa shape index (κ1) is 7.88. The Morgan fingerprint density at radius 2 is 1.88 bits per heavy atom. The van der Waals surface area contributed by atoms with E-state index in [1.165, 1.54) is 0 Å². The summed E-state index contributed by atoms with van der Waals surface area (Å²) in [6, 6.07) is 0. The first-order valence-electron chi connectivity index (χ1n) is 2.68. The van der Waals surface area contributed by atoms with Crippen LogP contribution in [0.1, 0.15) is 6.92 Å². The molecule has 3 heteroatoms. The van der Waals surface area contributed by atoms with Gasteiger partial charge in [0.15, 0.2) is 0 Å². The second kappa shape index (κ2) is 5.03. The molecule has 0 aliphatic rings. The van der Waals surface area contributed by atoms with Crippen molar-refractivity contribution in [3.05, 3.63) is 0 Å². The average Bonchev–Trinajstić information content (AvgIpc) is 1.83. The monoisotopic (exact) mass is 120 g/mol. The van der Waals surface area contributed by atoms with Crippen LogP contribution in [0, 0.1) is 0 Å². The number of ether oxygens (including phenoxy) is 1. The van der Waals surface area contributed by atoms with Crippen LogP contribution in [0.2, 0.25) is 0 Å². The minimum Gasteiger partial charge on any atom is -0.394 e. The van der Waals surface area contributed by atoms with Gasteiger partial charge in [-0.05, 0) is 6.92 Å². The maximum atomic E-state index is 8.37. The molecule has 0 fully saturated rings. The smallest absolute Gasteiger partial charge is 0.104 e. The highest BCUT2D eigenvalue weighted by atomic mass is 16.5. The Kier molecular flexibility index (Phi) is 4.95. The van der Waals surface area contributed by atoms with Crippen LogP contribution in [0.3, 0.4) is 0 Å². The summed E-state index contributed by atoms with van der Waals surface area (Å²) in [6.07, 6.45) is -0.389. The van der Waals surface area contributed by atoms with E-state index in [0.717, 1.165) is 0 Å². The van der Waals surface area contributed by atoms with Crippen LogP contribution < -0.4 is 0 Å². The van der Waals surface area contributed by atoms with E-state index in [-0.39, 0.29) is 19.3 Å². The van der Waals surface area contributed by atoms with Gasteiger partial charge in [0, 0.05) is 6.61 Å². The van der Waals surface area contributed by atoms with Crippen molar-refractivity contribution in [1.82, 2.24) is 0 Å². The van der Waals surface area contributed by atoms with Crippen molar-refractivity contribution in [3.63, 3.8) is 0 Å². The zero-order valence-electron chi connectivity index (χ0n) is 5.00. The van der Waals surface area contributed by atoms with Crippen LogP contribution in [-0.4, -0.2) is 36.1 Å². The molecule has 0 saturated carbocycles. The van der Waals surface area contributed by atoms with Crippen LogP contribution in [-0.2, 0) is 4.74 Å². The van der Waals surface area contributed by atoms with Gasteiger partial charge in [-0.3, -0.25) is 0 Å². The Morgan fingerprint density at radius 3 is 2.00 bits per heavy atom. The Labute approximate surface area is 48.9 Å². The predicted molar refractivity (Wildman–Crippen MR) is 29.6 cm³/mol. The van der Waals surface area contributed by atoms with E-state index >= 15 is 0 Å². The van der Waals surface area contributed by atoms with Gasteiger partial charge in [0.2, 0.25) is 0 Å². The number of aliphatic hydroxyl groups is 2. The lowest BCUT2D eigenvalue weighted by Gasteiger charge is -2.08. The predicted octanol–water partition coefficient (Wildman–Crippen LogP) is -0.624. The molecule has 2 N–H and O–H groups in total. The van der Waals surface area contributed by atoms with Crippen molar-refractivity contribution < 1.29 is 14.9 Å². The normalized spacial score (nSPS) is 10.5. The maximum absolute atomic E-state index is 8.37. The van der Waals surface area contributed by atoms with Gasteiger partial charge in [-0.25, -0.2) is 0 Å². The summed E-state index contributed by atoms with van der Waals surface area (Å²) in [5.41, 5.74) is 0. The second-order valence-corrected chi connectivity index (χ2v) is 1.44. The summed E-state index contributed by atoms with van der Waals surface area (Å²) in [6.45, 7) is 2.14. The molecule has 50 valence electrons. The van der Waals surface area contributed by atoms with Crippen LogP contribution in [0.25, 0.3) is 0 Å². The van der Waals surface area contributed by atoms with Gasteiger partial charge in [0.1, 0.15) is 6.10 Å². The third-order valence-corrected chi connectivity index (χ3v) is 0.810. The molecule has 3 nitrogen and oxygen atoms in total. The summed E-state index contributed by atoms with van der Waals surface area (Å²) in [7, 11) is 0. The van der Waals surface area contributed by atoms with Crippen LogP contribution in [0.4, 0.5) is 0 Å². The van der Waals surface area contributed by atoms with Crippen LogP contribution in [0.15, 0.2) is 0 Å². The zero-order chi connectivity index (χ0) is 6.41. The SMILES string of the molecule is CCOC(CO)CO. The van der Waals surface area contributed by atoms with Gasteiger partial charge in [-0.15, -0.1) is 0 Å². The van der Waals surface area contributed by atoms with E-state index < -0.39 is 0 Å². The van der Waals surface area contributed by atoms with Gasteiger partial charge >= 0.3 is 0 Å². The summed E-state index contributed by atoms with van der Waals surface area (Å²) in [4.78, 5) is 0. The third kappa shape index (κ3) is 2.96. The van der Waals surface area contributed by atoms with Gasteiger partial charge in [0.25, 0.3) is 0 Å². The molecule has 0 aromatic heterocycles. The zero-order valence-corrected chi connectivity index (χ0v) is 5.00. The molecule has 0 aliphatic carbocycles. The van der Waals surface area contributed by atoms with Crippen molar-refractivity contribution in [2.75, 3.05) is 19.8 Å². The van der Waals surface area contributed by atoms with Gasteiger partial charge in [-0.1, -0.05) is 0 Å². The summed E-state index contributed by atoms with van der Waals surface area (Å²) >= 11 is 0. The highest BCUT2D eigenvalue weighted by Crippen LogP contribution is 1.86. The highest BCUT2D eigenvalue weighted by molar-refractivity contribution is 4.49. The Morgan fingerprint density at radius 1 is 1.38 bits per heavy atom. The summed E-state index contributed by atoms with van der Waals surface area (Å²) in [5.74, 6) is 0. The lowest BCUT2D eigenvalue weighted by atomic mass is 10.4. The van der Waals surface area contributed by atoms with E-state index in [0.29, 0.717) is 6.61 Å². The van der Waals surface area contributed by atoms with Crippen LogP contribution in [0.5, 0.6) is 0 Å². The van der Waals surface area contributed by atoms with Crippen molar-refractivity contribution >= 4 is 0 Å². The minimum atomic E-state index is -0.389. The van der Waals surface area contributed by atoms with E-state index in [9.17, 15) is 0 Å². The first-order chi connectivity index (χ1) is 3.85. The number of hydrogen-bond donors (Lipinski definition) is 2. The van der Waals surface area contributed by atoms with Crippen molar-refractivity contribution in [3.8, 4) is 0 Å². The Hall–Kier alpha value is -0.120. The fraction of sp³-hybridized carbons (Fsp3) is 1.00. The summed E-state index contributed by atoms with van der Waals surface area (Å²) < 4.78 is 4.84. The van der Waals surface area contributed by atoms with E-state index in [1.54, 1.807) is 0 Å². The van der Waals surface area contributed by atoms with Gasteiger partial charge < -0.3 is 14.9 Å².